The van der Waals surface area contributed by atoms with E-state index in [-0.39, 0.29) is 12.5 Å². The number of nitrogens with one attached hydrogen (secondary N) is 2. The minimum absolute atomic E-state index is 0.0169. The molecule has 0 atom stereocenters. The first kappa shape index (κ1) is 17.3. The highest BCUT2D eigenvalue weighted by Crippen LogP contribution is 2.19. The lowest BCUT2D eigenvalue weighted by molar-refractivity contribution is 0.102. The van der Waals surface area contributed by atoms with Gasteiger partial charge in [-0.1, -0.05) is 6.07 Å². The minimum Gasteiger partial charge on any atom is -0.491 e. The molecule has 0 bridgehead atoms. The van der Waals surface area contributed by atoms with E-state index >= 15 is 0 Å². The summed E-state index contributed by atoms with van der Waals surface area (Å²) < 4.78 is 17.4. The Balaban J connectivity index is 1.63. The zero-order valence-corrected chi connectivity index (χ0v) is 13.9. The van der Waals surface area contributed by atoms with Gasteiger partial charge in [0.05, 0.1) is 0 Å². The summed E-state index contributed by atoms with van der Waals surface area (Å²) >= 11 is 0. The van der Waals surface area contributed by atoms with Gasteiger partial charge in [-0.25, -0.2) is 14.4 Å². The quantitative estimate of drug-likeness (QED) is 0.676. The molecule has 0 spiro atoms. The van der Waals surface area contributed by atoms with Gasteiger partial charge in [0.15, 0.2) is 0 Å². The molecule has 2 aromatic carbocycles. The van der Waals surface area contributed by atoms with E-state index in [2.05, 4.69) is 20.6 Å². The van der Waals surface area contributed by atoms with Crippen molar-refractivity contribution >= 4 is 23.2 Å². The summed E-state index contributed by atoms with van der Waals surface area (Å²) in [5.41, 5.74) is 1.85. The number of benzene rings is 2. The van der Waals surface area contributed by atoms with Crippen molar-refractivity contribution in [2.24, 2.45) is 0 Å². The van der Waals surface area contributed by atoms with Crippen LogP contribution in [-0.2, 0) is 0 Å². The van der Waals surface area contributed by atoms with E-state index in [1.807, 2.05) is 0 Å². The van der Waals surface area contributed by atoms with Crippen LogP contribution in [0.15, 0.2) is 67.0 Å². The van der Waals surface area contributed by atoms with E-state index in [9.17, 15) is 9.18 Å². The van der Waals surface area contributed by atoms with Gasteiger partial charge in [0.25, 0.3) is 5.91 Å². The van der Waals surface area contributed by atoms with E-state index in [0.717, 1.165) is 5.69 Å². The Labute approximate surface area is 150 Å². The van der Waals surface area contributed by atoms with Gasteiger partial charge in [-0.2, -0.15) is 0 Å². The van der Waals surface area contributed by atoms with Gasteiger partial charge in [0.2, 0.25) is 5.95 Å². The summed E-state index contributed by atoms with van der Waals surface area (Å²) in [5.74, 6) is 0.729. The molecular weight excluding hydrogens is 335 g/mol. The summed E-state index contributed by atoms with van der Waals surface area (Å²) in [4.78, 5) is 20.5. The number of aromatic nitrogens is 2. The van der Waals surface area contributed by atoms with Crippen molar-refractivity contribution in [3.05, 3.63) is 72.6 Å². The van der Waals surface area contributed by atoms with Crippen LogP contribution in [0.25, 0.3) is 0 Å². The Kier molecular flexibility index (Phi) is 5.72. The number of nitrogens with zero attached hydrogens (tertiary/aromatic N) is 2. The monoisotopic (exact) mass is 352 g/mol. The minimum atomic E-state index is -0.564. The average molecular weight is 352 g/mol. The lowest BCUT2D eigenvalue weighted by atomic mass is 10.2. The third kappa shape index (κ3) is 4.76. The van der Waals surface area contributed by atoms with Gasteiger partial charge < -0.3 is 15.4 Å². The van der Waals surface area contributed by atoms with Crippen LogP contribution in [-0.4, -0.2) is 29.2 Å². The summed E-state index contributed by atoms with van der Waals surface area (Å²) in [7, 11) is 0. The average Bonchev–Trinajstić information content (AvgIpc) is 2.68. The van der Waals surface area contributed by atoms with Crippen LogP contribution in [0, 0.1) is 0 Å². The Hall–Kier alpha value is -3.48. The molecule has 3 rings (SSSR count). The van der Waals surface area contributed by atoms with Crippen LogP contribution in [0.1, 0.15) is 10.4 Å². The van der Waals surface area contributed by atoms with Gasteiger partial charge in [-0.15, -0.1) is 0 Å². The number of amides is 1. The number of hydrogen-bond acceptors (Lipinski definition) is 5. The molecule has 3 aromatic rings. The second kappa shape index (κ2) is 8.57. The molecule has 0 unspecified atom stereocenters. The van der Waals surface area contributed by atoms with E-state index in [0.29, 0.717) is 22.9 Å². The van der Waals surface area contributed by atoms with Crippen molar-refractivity contribution in [2.45, 2.75) is 0 Å². The number of carbonyl (C=O) groups is 1. The molecule has 26 heavy (non-hydrogen) atoms. The molecule has 0 aliphatic rings. The van der Waals surface area contributed by atoms with E-state index in [4.69, 9.17) is 4.74 Å². The van der Waals surface area contributed by atoms with Crippen molar-refractivity contribution in [1.82, 2.24) is 9.97 Å². The number of anilines is 3. The zero-order valence-electron chi connectivity index (χ0n) is 13.9. The Morgan fingerprint density at radius 3 is 2.50 bits per heavy atom. The maximum atomic E-state index is 12.4. The highest BCUT2D eigenvalue weighted by Gasteiger charge is 2.07. The van der Waals surface area contributed by atoms with Crippen LogP contribution in [0.3, 0.4) is 0 Å². The van der Waals surface area contributed by atoms with Crippen molar-refractivity contribution in [1.29, 1.82) is 0 Å². The number of hydrogen-bond donors (Lipinski definition) is 2. The Morgan fingerprint density at radius 2 is 1.77 bits per heavy atom. The fourth-order valence-electron chi connectivity index (χ4n) is 2.22. The summed E-state index contributed by atoms with van der Waals surface area (Å²) in [6.07, 6.45) is 3.28. The molecule has 132 valence electrons. The number of rotatable bonds is 7. The fraction of sp³-hybridized carbons (Fsp3) is 0.105. The van der Waals surface area contributed by atoms with Gasteiger partial charge in [0.1, 0.15) is 19.0 Å². The largest absolute Gasteiger partial charge is 0.491 e. The lowest BCUT2D eigenvalue weighted by Gasteiger charge is -2.09. The van der Waals surface area contributed by atoms with Gasteiger partial charge in [-0.05, 0) is 42.5 Å². The molecule has 0 radical (unpaired) electrons. The van der Waals surface area contributed by atoms with Gasteiger partial charge in [0, 0.05) is 35.4 Å². The number of carbonyl (C=O) groups excluding carboxylic acids is 1. The van der Waals surface area contributed by atoms with Crippen LogP contribution >= 0.6 is 0 Å². The maximum Gasteiger partial charge on any atom is 0.255 e. The lowest BCUT2D eigenvalue weighted by Crippen LogP contribution is -2.12. The third-order valence-corrected chi connectivity index (χ3v) is 3.41. The highest BCUT2D eigenvalue weighted by molar-refractivity contribution is 6.04. The van der Waals surface area contributed by atoms with Crippen molar-refractivity contribution < 1.29 is 13.9 Å². The predicted molar refractivity (Wildman–Crippen MR) is 97.6 cm³/mol. The number of ether oxygens (including phenoxy) is 1. The molecule has 2 N–H and O–H groups in total. The van der Waals surface area contributed by atoms with Gasteiger partial charge in [-0.3, -0.25) is 4.79 Å². The van der Waals surface area contributed by atoms with Crippen LogP contribution in [0.2, 0.25) is 0 Å². The molecule has 0 fully saturated rings. The summed E-state index contributed by atoms with van der Waals surface area (Å²) in [6, 6.07) is 15.5. The molecule has 0 saturated heterocycles. The number of alkyl halides is 1. The van der Waals surface area contributed by atoms with E-state index in [1.54, 1.807) is 67.0 Å². The third-order valence-electron chi connectivity index (χ3n) is 3.41. The second-order valence-electron chi connectivity index (χ2n) is 5.29. The van der Waals surface area contributed by atoms with Crippen LogP contribution in [0.4, 0.5) is 21.7 Å². The molecule has 1 heterocycles. The van der Waals surface area contributed by atoms with E-state index < -0.39 is 6.67 Å². The molecular formula is C19H17FN4O2. The first-order chi connectivity index (χ1) is 12.7. The zero-order chi connectivity index (χ0) is 18.2. The molecule has 0 aliphatic carbocycles. The van der Waals surface area contributed by atoms with Crippen LogP contribution in [0.5, 0.6) is 5.75 Å². The van der Waals surface area contributed by atoms with E-state index in [1.165, 1.54) is 0 Å². The molecule has 0 saturated carbocycles. The highest BCUT2D eigenvalue weighted by atomic mass is 19.1. The fourth-order valence-corrected chi connectivity index (χ4v) is 2.22. The normalized spacial score (nSPS) is 10.2. The summed E-state index contributed by atoms with van der Waals surface area (Å²) in [6.45, 7) is -0.581. The van der Waals surface area contributed by atoms with Crippen molar-refractivity contribution in [2.75, 3.05) is 23.9 Å². The first-order valence-electron chi connectivity index (χ1n) is 7.99. The van der Waals surface area contributed by atoms with Crippen molar-refractivity contribution in [3.8, 4) is 5.75 Å². The molecule has 1 aromatic heterocycles. The molecule has 6 nitrogen and oxygen atoms in total. The van der Waals surface area contributed by atoms with Crippen molar-refractivity contribution in [3.63, 3.8) is 0 Å². The Bertz CT molecular complexity index is 857. The molecule has 1 amide bonds. The van der Waals surface area contributed by atoms with Gasteiger partial charge >= 0.3 is 0 Å². The molecule has 0 aliphatic heterocycles. The Morgan fingerprint density at radius 1 is 1.00 bits per heavy atom. The predicted octanol–water partition coefficient (Wildman–Crippen LogP) is 3.82. The molecule has 7 heteroatoms. The topological polar surface area (TPSA) is 76.1 Å². The number of halogens is 1. The second-order valence-corrected chi connectivity index (χ2v) is 5.29. The first-order valence-corrected chi connectivity index (χ1v) is 7.99. The standard InChI is InChI=1S/C19H17FN4O2/c20-9-12-26-17-4-1-3-16(13-17)23-18(25)14-5-7-15(8-6-14)24-19-21-10-2-11-22-19/h1-8,10-11,13H,9,12H2,(H,23,25)(H,21,22,24). The maximum absolute atomic E-state index is 12.4. The smallest absolute Gasteiger partial charge is 0.255 e. The van der Waals surface area contributed by atoms with Crippen LogP contribution < -0.4 is 15.4 Å². The SMILES string of the molecule is O=C(Nc1cccc(OCCF)c1)c1ccc(Nc2ncccn2)cc1. The summed E-state index contributed by atoms with van der Waals surface area (Å²) in [5, 5.41) is 5.83.